The van der Waals surface area contributed by atoms with E-state index in [4.69, 9.17) is 9.47 Å². The number of rotatable bonds is 30. The third-order valence-corrected chi connectivity index (χ3v) is 6.78. The Kier molecular flexibility index (Phi) is 34.8. The zero-order valence-corrected chi connectivity index (χ0v) is 29.9. The minimum Gasteiger partial charge on any atom is -0.461 e. The number of aliphatic hydroxyl groups excluding tert-OH is 1. The molecule has 0 aliphatic rings. The molecule has 1 N–H and O–H groups in total. The average molecular weight is 661 g/mol. The molecular formula is C43H64O5. The Morgan fingerprint density at radius 3 is 1.31 bits per heavy atom. The molecule has 0 saturated carbocycles. The summed E-state index contributed by atoms with van der Waals surface area (Å²) < 4.78 is 10.5. The molecular weight excluding hydrogens is 596 g/mol. The van der Waals surface area contributed by atoms with E-state index >= 15 is 0 Å². The van der Waals surface area contributed by atoms with Gasteiger partial charge in [-0.05, 0) is 83.5 Å². The number of allylic oxidation sites excluding steroid dienone is 19. The zero-order valence-electron chi connectivity index (χ0n) is 29.9. The van der Waals surface area contributed by atoms with Crippen molar-refractivity contribution in [1.29, 1.82) is 0 Å². The van der Waals surface area contributed by atoms with Crippen molar-refractivity contribution in [3.8, 4) is 0 Å². The van der Waals surface area contributed by atoms with Crippen molar-refractivity contribution < 1.29 is 24.2 Å². The zero-order chi connectivity index (χ0) is 35.0. The molecule has 0 spiro atoms. The van der Waals surface area contributed by atoms with Gasteiger partial charge in [0.1, 0.15) is 6.61 Å². The molecule has 5 nitrogen and oxygen atoms in total. The van der Waals surface area contributed by atoms with Crippen LogP contribution in [0.5, 0.6) is 0 Å². The summed E-state index contributed by atoms with van der Waals surface area (Å²) in [6.07, 6.45) is 55.6. The molecule has 0 aliphatic heterocycles. The number of carbonyl (C=O) groups is 2. The summed E-state index contributed by atoms with van der Waals surface area (Å²) in [5.41, 5.74) is 0. The maximum absolute atomic E-state index is 12.1. The van der Waals surface area contributed by atoms with Gasteiger partial charge in [0.25, 0.3) is 0 Å². The van der Waals surface area contributed by atoms with E-state index in [1.165, 1.54) is 0 Å². The molecule has 0 aromatic rings. The first-order chi connectivity index (χ1) is 23.6. The highest BCUT2D eigenvalue weighted by Gasteiger charge is 2.15. The summed E-state index contributed by atoms with van der Waals surface area (Å²) in [5, 5.41) is 9.52. The van der Waals surface area contributed by atoms with Crippen LogP contribution in [0.25, 0.3) is 0 Å². The summed E-state index contributed by atoms with van der Waals surface area (Å²) in [5.74, 6) is -0.793. The van der Waals surface area contributed by atoms with Gasteiger partial charge < -0.3 is 14.6 Å². The lowest BCUT2D eigenvalue weighted by atomic mass is 10.1. The second-order valence-electron chi connectivity index (χ2n) is 11.2. The van der Waals surface area contributed by atoms with Gasteiger partial charge >= 0.3 is 11.9 Å². The Hall–Kier alpha value is -3.70. The highest BCUT2D eigenvalue weighted by molar-refractivity contribution is 5.71. The first kappa shape index (κ1) is 44.3. The standard InChI is InChI=1S/C43H64O5/c1-3-5-7-9-11-13-15-17-19-20-21-22-24-26-28-30-32-34-36-38-43(46)48-41(39-44)40-47-42(45)37-35-33-31-29-27-25-23-18-16-14-12-10-8-6-4-2/h5-8,11-14,17-19,21-23,26-29,33,35,41,44H,3-4,9-10,15-16,20,24-25,30-32,34,36-40H2,1-2H3/b7-5-,8-6-,13-11-,14-12-,19-17-,22-21-,23-18-,28-26-,29-27-,35-33-. The fourth-order valence-corrected chi connectivity index (χ4v) is 4.12. The third kappa shape index (κ3) is 35.2. The van der Waals surface area contributed by atoms with Crippen molar-refractivity contribution in [2.24, 2.45) is 0 Å². The van der Waals surface area contributed by atoms with Crippen LogP contribution in [0.2, 0.25) is 0 Å². The molecule has 0 aromatic carbocycles. The first-order valence-corrected chi connectivity index (χ1v) is 18.1. The monoisotopic (exact) mass is 660 g/mol. The lowest BCUT2D eigenvalue weighted by Crippen LogP contribution is -2.28. The third-order valence-electron chi connectivity index (χ3n) is 6.78. The van der Waals surface area contributed by atoms with Crippen molar-refractivity contribution >= 4 is 11.9 Å². The van der Waals surface area contributed by atoms with Crippen LogP contribution in [0.4, 0.5) is 0 Å². The smallest absolute Gasteiger partial charge is 0.309 e. The van der Waals surface area contributed by atoms with Gasteiger partial charge in [0, 0.05) is 6.42 Å². The van der Waals surface area contributed by atoms with Gasteiger partial charge in [-0.1, -0.05) is 142 Å². The molecule has 0 amide bonds. The average Bonchev–Trinajstić information content (AvgIpc) is 3.09. The minimum atomic E-state index is -0.837. The highest BCUT2D eigenvalue weighted by Crippen LogP contribution is 2.07. The van der Waals surface area contributed by atoms with Gasteiger partial charge in [-0.2, -0.15) is 0 Å². The van der Waals surface area contributed by atoms with E-state index in [1.54, 1.807) is 6.08 Å². The van der Waals surface area contributed by atoms with Crippen LogP contribution in [0, 0.1) is 0 Å². The second kappa shape index (κ2) is 37.8. The molecule has 0 heterocycles. The number of unbranched alkanes of at least 4 members (excludes halogenated alkanes) is 3. The van der Waals surface area contributed by atoms with Gasteiger partial charge in [0.2, 0.25) is 0 Å². The van der Waals surface area contributed by atoms with Crippen LogP contribution in [0.1, 0.15) is 117 Å². The lowest BCUT2D eigenvalue weighted by molar-refractivity contribution is -0.161. The van der Waals surface area contributed by atoms with Crippen LogP contribution in [-0.2, 0) is 19.1 Å². The Morgan fingerprint density at radius 1 is 0.500 bits per heavy atom. The molecule has 0 bridgehead atoms. The summed E-state index contributed by atoms with van der Waals surface area (Å²) in [7, 11) is 0. The Bertz CT molecular complexity index is 1060. The van der Waals surface area contributed by atoms with Crippen LogP contribution in [-0.4, -0.2) is 36.4 Å². The molecule has 0 aromatic heterocycles. The first-order valence-electron chi connectivity index (χ1n) is 18.1. The van der Waals surface area contributed by atoms with E-state index in [0.29, 0.717) is 0 Å². The van der Waals surface area contributed by atoms with Crippen molar-refractivity contribution in [2.75, 3.05) is 13.2 Å². The van der Waals surface area contributed by atoms with E-state index in [-0.39, 0.29) is 32.0 Å². The Balaban J connectivity index is 3.83. The molecule has 1 atom stereocenters. The minimum absolute atomic E-state index is 0.136. The molecule has 0 aliphatic carbocycles. The van der Waals surface area contributed by atoms with Crippen LogP contribution < -0.4 is 0 Å². The number of aliphatic hydroxyl groups is 1. The second-order valence-corrected chi connectivity index (χ2v) is 11.2. The fourth-order valence-electron chi connectivity index (χ4n) is 4.12. The summed E-state index contributed by atoms with van der Waals surface area (Å²) in [4.78, 5) is 24.1. The molecule has 0 radical (unpaired) electrons. The molecule has 48 heavy (non-hydrogen) atoms. The predicted molar refractivity (Wildman–Crippen MR) is 205 cm³/mol. The predicted octanol–water partition coefficient (Wildman–Crippen LogP) is 11.3. The molecule has 1 unspecified atom stereocenters. The molecule has 0 rings (SSSR count). The summed E-state index contributed by atoms with van der Waals surface area (Å²) in [6.45, 7) is 3.75. The van der Waals surface area contributed by atoms with Crippen molar-refractivity contribution in [3.05, 3.63) is 122 Å². The van der Waals surface area contributed by atoms with E-state index in [1.807, 2.05) is 6.08 Å². The van der Waals surface area contributed by atoms with Crippen LogP contribution >= 0.6 is 0 Å². The lowest BCUT2D eigenvalue weighted by Gasteiger charge is -2.15. The van der Waals surface area contributed by atoms with E-state index in [2.05, 4.69) is 123 Å². The van der Waals surface area contributed by atoms with Crippen LogP contribution in [0.15, 0.2) is 122 Å². The molecule has 0 fully saturated rings. The van der Waals surface area contributed by atoms with Gasteiger partial charge in [-0.3, -0.25) is 9.59 Å². The SMILES string of the molecule is CC/C=C\C/C=C\C/C=C\C/C=C\C/C=C\CCCCCC(=O)OC(CO)COC(=O)C/C=C\C/C=C\C/C=C\C/C=C\C/C=C\CC. The maximum atomic E-state index is 12.1. The van der Waals surface area contributed by atoms with Gasteiger partial charge in [0.05, 0.1) is 13.0 Å². The fraction of sp³-hybridized carbons (Fsp3) is 0.488. The number of esters is 2. The normalized spacial score (nSPS) is 13.6. The number of hydrogen-bond donors (Lipinski definition) is 1. The Labute approximate surface area is 293 Å². The van der Waals surface area contributed by atoms with Crippen molar-refractivity contribution in [2.45, 2.75) is 123 Å². The van der Waals surface area contributed by atoms with Gasteiger partial charge in [-0.15, -0.1) is 0 Å². The quantitative estimate of drug-likeness (QED) is 0.0471. The number of ether oxygens (including phenoxy) is 2. The molecule has 266 valence electrons. The van der Waals surface area contributed by atoms with Gasteiger partial charge in [0.15, 0.2) is 6.10 Å². The van der Waals surface area contributed by atoms with Crippen molar-refractivity contribution in [1.82, 2.24) is 0 Å². The van der Waals surface area contributed by atoms with E-state index in [0.717, 1.165) is 89.9 Å². The molecule has 5 heteroatoms. The highest BCUT2D eigenvalue weighted by atomic mass is 16.6. The van der Waals surface area contributed by atoms with E-state index in [9.17, 15) is 14.7 Å². The number of carbonyl (C=O) groups excluding carboxylic acids is 2. The van der Waals surface area contributed by atoms with Crippen molar-refractivity contribution in [3.63, 3.8) is 0 Å². The molecule has 0 saturated heterocycles. The largest absolute Gasteiger partial charge is 0.461 e. The Morgan fingerprint density at radius 2 is 0.896 bits per heavy atom. The summed E-state index contributed by atoms with van der Waals surface area (Å²) >= 11 is 0. The topological polar surface area (TPSA) is 72.8 Å². The van der Waals surface area contributed by atoms with Crippen LogP contribution in [0.3, 0.4) is 0 Å². The summed E-state index contributed by atoms with van der Waals surface area (Å²) in [6, 6.07) is 0. The van der Waals surface area contributed by atoms with E-state index < -0.39 is 12.1 Å². The number of hydrogen-bond acceptors (Lipinski definition) is 5. The van der Waals surface area contributed by atoms with Gasteiger partial charge in [-0.25, -0.2) is 0 Å². The maximum Gasteiger partial charge on any atom is 0.309 e.